The van der Waals surface area contributed by atoms with E-state index in [1.165, 1.54) is 31.4 Å². The van der Waals surface area contributed by atoms with Crippen molar-refractivity contribution in [1.29, 1.82) is 0 Å². The molecular weight excluding hydrogens is 813 g/mol. The normalized spacial score (nSPS) is 29.2. The number of alkyl halides is 2. The fraction of sp³-hybridized carbons (Fsp3) is 0.273. The Bertz CT molecular complexity index is 2040. The summed E-state index contributed by atoms with van der Waals surface area (Å²) in [6.07, 6.45) is 0.828. The van der Waals surface area contributed by atoms with Crippen LogP contribution in [0.2, 0.25) is 0 Å². The molecule has 8 nitrogen and oxygen atoms in total. The number of methoxy groups -OCH3 is 1. The molecule has 3 aromatic rings. The molecule has 254 valence electrons. The number of phenolic OH excluding ortho intramolecular Hbond substituents is 1. The van der Waals surface area contributed by atoms with Gasteiger partial charge in [-0.25, -0.2) is 26.9 Å². The zero-order chi connectivity index (χ0) is 35.5. The summed E-state index contributed by atoms with van der Waals surface area (Å²) in [4.78, 5) is 51.8. The number of halogens is 8. The Morgan fingerprint density at radius 1 is 0.837 bits per heavy atom. The number of imide groups is 2. The second kappa shape index (κ2) is 11.4. The summed E-state index contributed by atoms with van der Waals surface area (Å²) < 4.78 is 79.4. The van der Waals surface area contributed by atoms with Crippen LogP contribution in [-0.4, -0.2) is 45.6 Å². The van der Waals surface area contributed by atoms with Crippen molar-refractivity contribution in [3.63, 3.8) is 0 Å². The lowest BCUT2D eigenvalue weighted by Gasteiger charge is -2.50. The fourth-order valence-corrected chi connectivity index (χ4v) is 8.93. The molecule has 0 radical (unpaired) electrons. The second-order valence-electron chi connectivity index (χ2n) is 12.1. The van der Waals surface area contributed by atoms with E-state index in [1.807, 2.05) is 0 Å². The predicted octanol–water partition coefficient (Wildman–Crippen LogP) is 6.47. The maximum atomic E-state index is 15.2. The Kier molecular flexibility index (Phi) is 7.83. The number of nitrogens with zero attached hydrogens (tertiary/aromatic N) is 2. The van der Waals surface area contributed by atoms with Gasteiger partial charge in [-0.1, -0.05) is 11.6 Å². The number of carbonyl (C=O) groups is 4. The topological polar surface area (TPSA) is 104 Å². The van der Waals surface area contributed by atoms with Gasteiger partial charge in [0.2, 0.25) is 17.6 Å². The van der Waals surface area contributed by atoms with Crippen molar-refractivity contribution in [3.8, 4) is 11.5 Å². The number of allylic oxidation sites excluding steroid dienone is 2. The largest absolute Gasteiger partial charge is 0.508 e. The minimum Gasteiger partial charge on any atom is -0.508 e. The third kappa shape index (κ3) is 4.38. The van der Waals surface area contributed by atoms with Gasteiger partial charge in [0, 0.05) is 15.1 Å². The number of phenols is 1. The fourth-order valence-electron chi connectivity index (χ4n) is 7.65. The molecule has 3 aromatic carbocycles. The molecule has 2 saturated heterocycles. The zero-order valence-electron chi connectivity index (χ0n) is 24.7. The van der Waals surface area contributed by atoms with Crippen LogP contribution in [0.1, 0.15) is 24.3 Å². The molecule has 4 aliphatic rings. The molecule has 3 fully saturated rings. The molecule has 1 N–H and O–H groups in total. The second-order valence-corrected chi connectivity index (χ2v) is 14.6. The number of fused-ring (bicyclic) bond motifs is 4. The quantitative estimate of drug-likeness (QED) is 0.0616. The van der Waals surface area contributed by atoms with E-state index < -0.39 is 104 Å². The number of anilines is 2. The van der Waals surface area contributed by atoms with Gasteiger partial charge in [0.25, 0.3) is 11.8 Å². The van der Waals surface area contributed by atoms with Gasteiger partial charge in [-0.15, -0.1) is 23.2 Å². The van der Waals surface area contributed by atoms with E-state index in [0.29, 0.717) is 0 Å². The molecule has 16 heteroatoms. The van der Waals surface area contributed by atoms with E-state index in [4.69, 9.17) is 27.9 Å². The van der Waals surface area contributed by atoms with Crippen molar-refractivity contribution in [2.45, 2.75) is 28.5 Å². The number of amides is 4. The maximum Gasteiger partial charge on any atom is 0.258 e. The van der Waals surface area contributed by atoms with Crippen molar-refractivity contribution >= 4 is 80.8 Å². The van der Waals surface area contributed by atoms with Crippen molar-refractivity contribution in [3.05, 3.63) is 92.3 Å². The van der Waals surface area contributed by atoms with E-state index in [2.05, 4.69) is 22.6 Å². The maximum absolute atomic E-state index is 15.2. The molecule has 4 amide bonds. The molecule has 7 rings (SSSR count). The summed E-state index contributed by atoms with van der Waals surface area (Å²) in [7, 11) is 1.30. The van der Waals surface area contributed by atoms with E-state index >= 15 is 8.78 Å². The van der Waals surface area contributed by atoms with Crippen LogP contribution in [0.4, 0.5) is 33.3 Å². The highest BCUT2D eigenvalue weighted by Crippen LogP contribution is 2.67. The number of hydrogen-bond donors (Lipinski definition) is 1. The van der Waals surface area contributed by atoms with Gasteiger partial charge in [0.15, 0.2) is 33.0 Å². The first-order valence-corrected chi connectivity index (χ1v) is 16.4. The van der Waals surface area contributed by atoms with Crippen LogP contribution in [-0.2, 0) is 19.2 Å². The average molecular weight is 833 g/mol. The van der Waals surface area contributed by atoms with Gasteiger partial charge in [0.05, 0.1) is 24.6 Å². The van der Waals surface area contributed by atoms with Crippen molar-refractivity contribution in [2.75, 3.05) is 16.9 Å². The summed E-state index contributed by atoms with van der Waals surface area (Å²) in [5.74, 6) is -22.1. The molecular formula is C33H20Cl2F5IN2O6. The van der Waals surface area contributed by atoms with Crippen molar-refractivity contribution in [2.24, 2.45) is 17.8 Å². The molecule has 6 atom stereocenters. The Morgan fingerprint density at radius 3 is 2.06 bits per heavy atom. The molecule has 2 aliphatic heterocycles. The Labute approximate surface area is 297 Å². The van der Waals surface area contributed by atoms with Gasteiger partial charge in [0.1, 0.15) is 17.2 Å². The summed E-state index contributed by atoms with van der Waals surface area (Å²) >= 11 is 16.3. The SMILES string of the molecule is COc1ccc(O)c(C2C3=CCC4C(=O)N(c5ccc(I)cc5)C(=O)C4C3CC3(Cl)C(=O)N(c4c(F)c(F)c(F)c(F)c4F)C(=O)C23Cl)c1. The highest BCUT2D eigenvalue weighted by atomic mass is 127. The lowest BCUT2D eigenvalue weighted by atomic mass is 9.56. The van der Waals surface area contributed by atoms with Gasteiger partial charge in [-0.05, 0) is 83.8 Å². The number of rotatable bonds is 4. The van der Waals surface area contributed by atoms with Crippen LogP contribution in [0.15, 0.2) is 54.1 Å². The van der Waals surface area contributed by atoms with E-state index in [0.717, 1.165) is 8.47 Å². The number of carbonyl (C=O) groups excluding carboxylic acids is 4. The van der Waals surface area contributed by atoms with Gasteiger partial charge < -0.3 is 9.84 Å². The van der Waals surface area contributed by atoms with Gasteiger partial charge in [-0.3, -0.25) is 24.1 Å². The van der Waals surface area contributed by atoms with Crippen LogP contribution < -0.4 is 14.5 Å². The molecule has 2 aliphatic carbocycles. The van der Waals surface area contributed by atoms with E-state index in [-0.39, 0.29) is 33.9 Å². The number of benzene rings is 3. The van der Waals surface area contributed by atoms with E-state index in [1.54, 1.807) is 24.3 Å². The molecule has 1 saturated carbocycles. The molecule has 6 unspecified atom stereocenters. The van der Waals surface area contributed by atoms with Crippen LogP contribution >= 0.6 is 45.8 Å². The third-order valence-corrected chi connectivity index (χ3v) is 12.0. The van der Waals surface area contributed by atoms with Crippen molar-refractivity contribution in [1.82, 2.24) is 0 Å². The predicted molar refractivity (Wildman–Crippen MR) is 173 cm³/mol. The lowest BCUT2D eigenvalue weighted by molar-refractivity contribution is -0.125. The lowest BCUT2D eigenvalue weighted by Crippen LogP contribution is -2.60. The first kappa shape index (κ1) is 33.7. The molecule has 0 bridgehead atoms. The highest BCUT2D eigenvalue weighted by molar-refractivity contribution is 14.1. The monoisotopic (exact) mass is 832 g/mol. The minimum atomic E-state index is -2.77. The smallest absolute Gasteiger partial charge is 0.258 e. The third-order valence-electron chi connectivity index (χ3n) is 9.85. The van der Waals surface area contributed by atoms with Gasteiger partial charge >= 0.3 is 0 Å². The van der Waals surface area contributed by atoms with Crippen LogP contribution in [0, 0.1) is 50.4 Å². The molecule has 49 heavy (non-hydrogen) atoms. The standard InChI is InChI=1S/C33H20Cl2F5IN2O6/c1-49-14-6-9-19(44)17(10-14)21-15-7-8-16-20(29(46)42(28(16)45)13-4-2-12(41)3-5-13)18(15)11-32(34)30(47)43(31(48)33(21,32)35)27-25(39)23(37)22(36)24(38)26(27)40/h2-7,9-10,16,18,20-21,44H,8,11H2,1H3. The number of hydrogen-bond acceptors (Lipinski definition) is 6. The average Bonchev–Trinajstić information content (AvgIpc) is 3.42. The number of aromatic hydroxyl groups is 1. The Hall–Kier alpha value is -3.76. The summed E-state index contributed by atoms with van der Waals surface area (Å²) in [6, 6.07) is 10.4. The van der Waals surface area contributed by atoms with Crippen LogP contribution in [0.5, 0.6) is 11.5 Å². The summed E-state index contributed by atoms with van der Waals surface area (Å²) in [6.45, 7) is 0. The first-order chi connectivity index (χ1) is 23.1. The molecule has 0 spiro atoms. The first-order valence-electron chi connectivity index (χ1n) is 14.6. The van der Waals surface area contributed by atoms with Crippen LogP contribution in [0.3, 0.4) is 0 Å². The van der Waals surface area contributed by atoms with Crippen LogP contribution in [0.25, 0.3) is 0 Å². The number of ether oxygens (including phenoxy) is 1. The van der Waals surface area contributed by atoms with Crippen molar-refractivity contribution < 1.29 is 51.0 Å². The van der Waals surface area contributed by atoms with Gasteiger partial charge in [-0.2, -0.15) is 0 Å². The van der Waals surface area contributed by atoms with E-state index in [9.17, 15) is 37.5 Å². The summed E-state index contributed by atoms with van der Waals surface area (Å²) in [5.41, 5.74) is -1.56. The minimum absolute atomic E-state index is 0.0467. The Balaban J connectivity index is 1.45. The summed E-state index contributed by atoms with van der Waals surface area (Å²) in [5, 5.41) is 11.1. The highest BCUT2D eigenvalue weighted by Gasteiger charge is 2.77. The molecule has 0 aromatic heterocycles. The zero-order valence-corrected chi connectivity index (χ0v) is 28.4. The molecule has 2 heterocycles. The Morgan fingerprint density at radius 2 is 1.45 bits per heavy atom.